The van der Waals surface area contributed by atoms with E-state index in [-0.39, 0.29) is 6.04 Å². The Morgan fingerprint density at radius 2 is 2.35 bits per heavy atom. The number of piperidine rings is 1. The third kappa shape index (κ3) is 2.82. The summed E-state index contributed by atoms with van der Waals surface area (Å²) in [7, 11) is -3.12. The van der Waals surface area contributed by atoms with Crippen molar-refractivity contribution in [1.29, 1.82) is 0 Å². The third-order valence-electron chi connectivity index (χ3n) is 2.97. The fraction of sp³-hybridized carbons (Fsp3) is 0.778. The topological polar surface area (TPSA) is 94.1 Å². The van der Waals surface area contributed by atoms with E-state index < -0.39 is 10.0 Å². The zero-order valence-electron chi connectivity index (χ0n) is 9.78. The van der Waals surface area contributed by atoms with Crippen molar-refractivity contribution in [1.82, 2.24) is 19.3 Å². The average molecular weight is 259 g/mol. The maximum atomic E-state index is 11.5. The second-order valence-electron chi connectivity index (χ2n) is 4.31. The quantitative estimate of drug-likeness (QED) is 0.777. The van der Waals surface area contributed by atoms with Gasteiger partial charge in [-0.3, -0.25) is 0 Å². The fourth-order valence-electron chi connectivity index (χ4n) is 2.02. The van der Waals surface area contributed by atoms with E-state index in [9.17, 15) is 8.42 Å². The number of rotatable bonds is 3. The van der Waals surface area contributed by atoms with Crippen molar-refractivity contribution in [3.8, 4) is 0 Å². The number of sulfonamides is 1. The van der Waals surface area contributed by atoms with Gasteiger partial charge in [0.1, 0.15) is 0 Å². The molecular formula is C9H17N5O2S. The highest BCUT2D eigenvalue weighted by molar-refractivity contribution is 7.88. The summed E-state index contributed by atoms with van der Waals surface area (Å²) in [4.78, 5) is 0. The van der Waals surface area contributed by atoms with Gasteiger partial charge in [0.15, 0.2) is 0 Å². The lowest BCUT2D eigenvalue weighted by atomic mass is 10.1. The first kappa shape index (κ1) is 12.5. The van der Waals surface area contributed by atoms with Crippen LogP contribution in [0.3, 0.4) is 0 Å². The van der Waals surface area contributed by atoms with Crippen molar-refractivity contribution in [3.63, 3.8) is 0 Å². The first-order valence-electron chi connectivity index (χ1n) is 5.56. The van der Waals surface area contributed by atoms with Gasteiger partial charge in [-0.15, -0.1) is 5.10 Å². The van der Waals surface area contributed by atoms with Gasteiger partial charge in [-0.2, -0.15) is 0 Å². The zero-order valence-corrected chi connectivity index (χ0v) is 10.6. The standard InChI is InChI=1S/C9H17N5O2S/c1-17(15,16)13-4-2-3-9(7-13)14-6-8(5-10)11-12-14/h6,9H,2-5,7,10H2,1H3/t9-/m1/s1. The van der Waals surface area contributed by atoms with E-state index in [1.54, 1.807) is 10.9 Å². The second kappa shape index (κ2) is 4.71. The van der Waals surface area contributed by atoms with E-state index in [1.807, 2.05) is 0 Å². The van der Waals surface area contributed by atoms with Crippen LogP contribution in [0.1, 0.15) is 24.6 Å². The van der Waals surface area contributed by atoms with Crippen molar-refractivity contribution in [3.05, 3.63) is 11.9 Å². The zero-order chi connectivity index (χ0) is 12.5. The molecule has 8 heteroatoms. The van der Waals surface area contributed by atoms with Gasteiger partial charge in [0, 0.05) is 19.6 Å². The van der Waals surface area contributed by atoms with Crippen LogP contribution in [0.5, 0.6) is 0 Å². The van der Waals surface area contributed by atoms with Gasteiger partial charge in [0.2, 0.25) is 10.0 Å². The summed E-state index contributed by atoms with van der Waals surface area (Å²) < 4.78 is 26.2. The SMILES string of the molecule is CS(=O)(=O)N1CCC[C@@H](n2cc(CN)nn2)C1. The van der Waals surface area contributed by atoms with Gasteiger partial charge in [0.25, 0.3) is 0 Å². The van der Waals surface area contributed by atoms with Crippen molar-refractivity contribution in [2.75, 3.05) is 19.3 Å². The van der Waals surface area contributed by atoms with Crippen LogP contribution in [-0.4, -0.2) is 47.1 Å². The van der Waals surface area contributed by atoms with Gasteiger partial charge in [-0.05, 0) is 12.8 Å². The predicted octanol–water partition coefficient (Wildman–Crippen LogP) is -0.667. The smallest absolute Gasteiger partial charge is 0.211 e. The number of aromatic nitrogens is 3. The number of hydrogen-bond acceptors (Lipinski definition) is 5. The van der Waals surface area contributed by atoms with Gasteiger partial charge in [-0.25, -0.2) is 17.4 Å². The van der Waals surface area contributed by atoms with E-state index in [2.05, 4.69) is 10.3 Å². The maximum absolute atomic E-state index is 11.5. The van der Waals surface area contributed by atoms with Gasteiger partial charge < -0.3 is 5.73 Å². The summed E-state index contributed by atoms with van der Waals surface area (Å²) in [5.41, 5.74) is 6.19. The monoisotopic (exact) mass is 259 g/mol. The molecule has 2 N–H and O–H groups in total. The summed E-state index contributed by atoms with van der Waals surface area (Å²) in [6, 6.07) is 0.0614. The molecule has 2 heterocycles. The molecule has 1 aromatic rings. The second-order valence-corrected chi connectivity index (χ2v) is 6.29. The van der Waals surface area contributed by atoms with Crippen molar-refractivity contribution in [2.24, 2.45) is 5.73 Å². The molecule has 0 unspecified atom stereocenters. The molecule has 0 spiro atoms. The lowest BCUT2D eigenvalue weighted by molar-refractivity contribution is 0.252. The predicted molar refractivity (Wildman–Crippen MR) is 62.6 cm³/mol. The molecule has 1 aliphatic rings. The summed E-state index contributed by atoms with van der Waals surface area (Å²) >= 11 is 0. The van der Waals surface area contributed by atoms with Crippen LogP contribution >= 0.6 is 0 Å². The molecule has 0 aromatic carbocycles. The van der Waals surface area contributed by atoms with E-state index in [0.29, 0.717) is 19.6 Å². The Morgan fingerprint density at radius 1 is 1.59 bits per heavy atom. The van der Waals surface area contributed by atoms with E-state index in [4.69, 9.17) is 5.73 Å². The summed E-state index contributed by atoms with van der Waals surface area (Å²) in [5, 5.41) is 7.91. The Bertz CT molecular complexity index is 483. The summed E-state index contributed by atoms with van der Waals surface area (Å²) in [6.45, 7) is 1.41. The maximum Gasteiger partial charge on any atom is 0.211 e. The minimum Gasteiger partial charge on any atom is -0.325 e. The van der Waals surface area contributed by atoms with Crippen LogP contribution in [0.25, 0.3) is 0 Å². The van der Waals surface area contributed by atoms with E-state index in [1.165, 1.54) is 10.6 Å². The minimum absolute atomic E-state index is 0.0614. The van der Waals surface area contributed by atoms with Crippen LogP contribution in [0, 0.1) is 0 Å². The van der Waals surface area contributed by atoms with Crippen LogP contribution < -0.4 is 5.73 Å². The molecule has 0 amide bonds. The fourth-order valence-corrected chi connectivity index (χ4v) is 2.93. The lowest BCUT2D eigenvalue weighted by Gasteiger charge is -2.30. The summed E-state index contributed by atoms with van der Waals surface area (Å²) in [5.74, 6) is 0. The molecule has 1 saturated heterocycles. The lowest BCUT2D eigenvalue weighted by Crippen LogP contribution is -2.40. The first-order chi connectivity index (χ1) is 8.00. The molecule has 96 valence electrons. The van der Waals surface area contributed by atoms with Crippen LogP contribution in [0.2, 0.25) is 0 Å². The molecule has 0 aliphatic carbocycles. The van der Waals surface area contributed by atoms with Gasteiger partial charge >= 0.3 is 0 Å². The van der Waals surface area contributed by atoms with Crippen LogP contribution in [-0.2, 0) is 16.6 Å². The molecule has 1 aliphatic heterocycles. The highest BCUT2D eigenvalue weighted by Crippen LogP contribution is 2.22. The van der Waals surface area contributed by atoms with E-state index in [0.717, 1.165) is 18.5 Å². The summed E-state index contributed by atoms with van der Waals surface area (Å²) in [6.07, 6.45) is 4.79. The van der Waals surface area contributed by atoms with Crippen molar-refractivity contribution < 1.29 is 8.42 Å². The highest BCUT2D eigenvalue weighted by Gasteiger charge is 2.27. The molecule has 1 aromatic heterocycles. The van der Waals surface area contributed by atoms with Crippen molar-refractivity contribution in [2.45, 2.75) is 25.4 Å². The van der Waals surface area contributed by atoms with Crippen LogP contribution in [0.4, 0.5) is 0 Å². The Morgan fingerprint density at radius 3 is 2.94 bits per heavy atom. The average Bonchev–Trinajstić information content (AvgIpc) is 2.76. The van der Waals surface area contributed by atoms with Crippen molar-refractivity contribution >= 4 is 10.0 Å². The van der Waals surface area contributed by atoms with Crippen LogP contribution in [0.15, 0.2) is 6.20 Å². The molecular weight excluding hydrogens is 242 g/mol. The van der Waals surface area contributed by atoms with E-state index >= 15 is 0 Å². The number of hydrogen-bond donors (Lipinski definition) is 1. The molecule has 1 fully saturated rings. The molecule has 0 bridgehead atoms. The third-order valence-corrected chi connectivity index (χ3v) is 4.24. The molecule has 0 radical (unpaired) electrons. The Labute approximate surface area is 101 Å². The Balaban J connectivity index is 2.12. The molecule has 2 rings (SSSR count). The normalized spacial score (nSPS) is 22.8. The number of nitrogens with zero attached hydrogens (tertiary/aromatic N) is 4. The first-order valence-corrected chi connectivity index (χ1v) is 7.41. The minimum atomic E-state index is -3.12. The highest BCUT2D eigenvalue weighted by atomic mass is 32.2. The molecule has 7 nitrogen and oxygen atoms in total. The largest absolute Gasteiger partial charge is 0.325 e. The Hall–Kier alpha value is -0.990. The molecule has 17 heavy (non-hydrogen) atoms. The number of nitrogens with two attached hydrogens (primary N) is 1. The Kier molecular flexibility index (Phi) is 3.45. The molecule has 0 saturated carbocycles. The van der Waals surface area contributed by atoms with Gasteiger partial charge in [0.05, 0.1) is 24.2 Å². The van der Waals surface area contributed by atoms with Gasteiger partial charge in [-0.1, -0.05) is 5.21 Å². The molecule has 1 atom stereocenters.